The van der Waals surface area contributed by atoms with E-state index in [2.05, 4.69) is 31.9 Å². The molecule has 3 saturated heterocycles. The number of imide groups is 2. The first kappa shape index (κ1) is 41.1. The van der Waals surface area contributed by atoms with Gasteiger partial charge in [0.25, 0.3) is 17.7 Å². The van der Waals surface area contributed by atoms with E-state index < -0.39 is 64.0 Å². The van der Waals surface area contributed by atoms with E-state index in [-0.39, 0.29) is 47.6 Å². The van der Waals surface area contributed by atoms with Crippen LogP contribution >= 0.6 is 0 Å². The van der Waals surface area contributed by atoms with E-state index in [1.807, 2.05) is 56.9 Å². The Morgan fingerprint density at radius 2 is 1.56 bits per heavy atom. The van der Waals surface area contributed by atoms with Crippen LogP contribution in [0.2, 0.25) is 0 Å². The zero-order valence-corrected chi connectivity index (χ0v) is 34.6. The number of anilines is 1. The summed E-state index contributed by atoms with van der Waals surface area (Å²) in [7, 11) is 0. The Morgan fingerprint density at radius 3 is 2.24 bits per heavy atom. The van der Waals surface area contributed by atoms with Crippen molar-refractivity contribution in [1.29, 1.82) is 5.26 Å². The molecule has 4 fully saturated rings. The van der Waals surface area contributed by atoms with Gasteiger partial charge in [-0.25, -0.2) is 4.98 Å². The van der Waals surface area contributed by atoms with Crippen LogP contribution in [-0.4, -0.2) is 99.6 Å². The maximum Gasteiger partial charge on any atom is 0.419 e. The number of nitriles is 1. The standard InChI is InChI=1S/C46H44F3N7O6/c1-44(2)42(45(3,4)43(44)62-30-19-34(46(47,48)49)35(20-50)51-21-30)55-22-27-17-26(7-9-31(27)39(55)59)6-5-25-13-15-53(16-14-25)29-23-54(24-29)28-8-10-32-33(18-28)41(61)56(40(32)60)36-11-12-37(57)52-38(36)58/h7-10,17-19,21,25,29,36,42-43H,11-16,22-24H2,1-4H3,(H,52,57,58). The average molecular weight is 848 g/mol. The monoisotopic (exact) mass is 847 g/mol. The zero-order chi connectivity index (χ0) is 44.0. The summed E-state index contributed by atoms with van der Waals surface area (Å²) in [4.78, 5) is 75.4. The molecule has 9 rings (SSSR count). The molecular weight excluding hydrogens is 804 g/mol. The molecular formula is C46H44F3N7O6. The molecule has 5 aliphatic heterocycles. The average Bonchev–Trinajstić information content (AvgIpc) is 3.65. The number of likely N-dealkylation sites (tertiary alicyclic amines) is 1. The van der Waals surface area contributed by atoms with Crippen molar-refractivity contribution in [1.82, 2.24) is 25.0 Å². The van der Waals surface area contributed by atoms with Gasteiger partial charge in [0, 0.05) is 71.7 Å². The van der Waals surface area contributed by atoms with Crippen molar-refractivity contribution in [3.05, 3.63) is 87.7 Å². The lowest BCUT2D eigenvalue weighted by Gasteiger charge is -2.65. The first-order chi connectivity index (χ1) is 29.4. The van der Waals surface area contributed by atoms with E-state index in [0.29, 0.717) is 18.2 Å². The van der Waals surface area contributed by atoms with Crippen LogP contribution in [0.4, 0.5) is 18.9 Å². The molecule has 6 aliphatic rings. The fraction of sp³-hybridized carbons (Fsp3) is 0.457. The summed E-state index contributed by atoms with van der Waals surface area (Å²) in [5.74, 6) is 4.76. The van der Waals surface area contributed by atoms with Gasteiger partial charge in [0.05, 0.1) is 22.9 Å². The highest BCUT2D eigenvalue weighted by Crippen LogP contribution is 2.59. The van der Waals surface area contributed by atoms with Gasteiger partial charge in [0.1, 0.15) is 24.0 Å². The van der Waals surface area contributed by atoms with Crippen molar-refractivity contribution in [2.45, 2.75) is 90.3 Å². The number of nitrogens with one attached hydrogen (secondary N) is 1. The number of halogens is 3. The van der Waals surface area contributed by atoms with Crippen molar-refractivity contribution in [3.63, 3.8) is 0 Å². The summed E-state index contributed by atoms with van der Waals surface area (Å²) >= 11 is 0. The number of fused-ring (bicyclic) bond motifs is 2. The summed E-state index contributed by atoms with van der Waals surface area (Å²) < 4.78 is 47.1. The number of rotatable bonds is 6. The molecule has 2 aromatic carbocycles. The minimum atomic E-state index is -4.77. The number of amides is 5. The number of ether oxygens (including phenoxy) is 1. The molecule has 16 heteroatoms. The first-order valence-corrected chi connectivity index (χ1v) is 20.8. The van der Waals surface area contributed by atoms with Gasteiger partial charge in [-0.1, -0.05) is 39.5 Å². The Balaban J connectivity index is 0.781. The predicted molar refractivity (Wildman–Crippen MR) is 216 cm³/mol. The van der Waals surface area contributed by atoms with Gasteiger partial charge in [0.2, 0.25) is 11.8 Å². The second-order valence-electron chi connectivity index (χ2n) is 18.3. The third kappa shape index (κ3) is 6.76. The molecule has 5 amide bonds. The Kier molecular flexibility index (Phi) is 9.74. The summed E-state index contributed by atoms with van der Waals surface area (Å²) in [5.41, 5.74) is 0.550. The topological polar surface area (TPSA) is 156 Å². The zero-order valence-electron chi connectivity index (χ0n) is 34.6. The lowest BCUT2D eigenvalue weighted by atomic mass is 9.49. The molecule has 1 unspecified atom stereocenters. The van der Waals surface area contributed by atoms with Crippen molar-refractivity contribution in [3.8, 4) is 23.7 Å². The van der Waals surface area contributed by atoms with E-state index in [1.54, 1.807) is 12.1 Å². The number of piperidine rings is 2. The maximum atomic E-state index is 13.8. The summed E-state index contributed by atoms with van der Waals surface area (Å²) in [6.45, 7) is 11.5. The molecule has 3 aromatic rings. The number of hydrogen-bond donors (Lipinski definition) is 1. The molecule has 320 valence electrons. The van der Waals surface area contributed by atoms with Crippen LogP contribution in [0, 0.1) is 39.9 Å². The molecule has 0 spiro atoms. The quantitative estimate of drug-likeness (QED) is 0.260. The Morgan fingerprint density at radius 1 is 0.871 bits per heavy atom. The molecule has 6 heterocycles. The van der Waals surface area contributed by atoms with Gasteiger partial charge >= 0.3 is 6.18 Å². The van der Waals surface area contributed by atoms with Gasteiger partial charge in [-0.15, -0.1) is 0 Å². The largest absolute Gasteiger partial charge is 0.488 e. The highest BCUT2D eigenvalue weighted by molar-refractivity contribution is 6.23. The molecule has 1 saturated carbocycles. The van der Waals surface area contributed by atoms with E-state index in [4.69, 9.17) is 10.00 Å². The van der Waals surface area contributed by atoms with Crippen LogP contribution in [-0.2, 0) is 22.3 Å². The normalized spacial score (nSPS) is 24.7. The van der Waals surface area contributed by atoms with Crippen LogP contribution in [0.3, 0.4) is 0 Å². The number of alkyl halides is 3. The maximum absolute atomic E-state index is 13.8. The van der Waals surface area contributed by atoms with E-state index in [0.717, 1.165) is 73.0 Å². The van der Waals surface area contributed by atoms with Crippen molar-refractivity contribution in [2.24, 2.45) is 16.7 Å². The van der Waals surface area contributed by atoms with E-state index >= 15 is 0 Å². The SMILES string of the molecule is CC1(C)C(Oc2cnc(C#N)c(C(F)(F)F)c2)C(C)(C)C1N1Cc2cc(C#CC3CCN(C4CN(c5ccc6c(c5)C(=O)N(C5CCC(=O)NC5=O)C6=O)C4)CC3)ccc2C1=O. The molecule has 0 bridgehead atoms. The number of nitrogens with zero attached hydrogens (tertiary/aromatic N) is 6. The third-order valence-corrected chi connectivity index (χ3v) is 13.7. The number of aromatic nitrogens is 1. The Bertz CT molecular complexity index is 2540. The highest BCUT2D eigenvalue weighted by Gasteiger charge is 2.67. The van der Waals surface area contributed by atoms with Crippen LogP contribution in [0.25, 0.3) is 0 Å². The lowest BCUT2D eigenvalue weighted by Crippen LogP contribution is -2.74. The summed E-state index contributed by atoms with van der Waals surface area (Å²) in [6, 6.07) is 12.2. The molecule has 1 N–H and O–H groups in total. The van der Waals surface area contributed by atoms with Crippen LogP contribution in [0.5, 0.6) is 5.75 Å². The highest BCUT2D eigenvalue weighted by atomic mass is 19.4. The molecule has 13 nitrogen and oxygen atoms in total. The van der Waals surface area contributed by atoms with Gasteiger partial charge in [0.15, 0.2) is 5.69 Å². The smallest absolute Gasteiger partial charge is 0.419 e. The minimum Gasteiger partial charge on any atom is -0.488 e. The van der Waals surface area contributed by atoms with Crippen LogP contribution in [0.15, 0.2) is 48.7 Å². The predicted octanol–water partition coefficient (Wildman–Crippen LogP) is 5.16. The molecule has 1 aliphatic carbocycles. The van der Waals surface area contributed by atoms with Gasteiger partial charge in [-0.05, 0) is 80.4 Å². The second kappa shape index (κ2) is 14.7. The number of pyridine rings is 1. The lowest BCUT2D eigenvalue weighted by molar-refractivity contribution is -0.199. The van der Waals surface area contributed by atoms with Crippen LogP contribution < -0.4 is 15.0 Å². The molecule has 0 radical (unpaired) electrons. The van der Waals surface area contributed by atoms with Gasteiger partial charge in [-0.2, -0.15) is 18.4 Å². The first-order valence-electron chi connectivity index (χ1n) is 20.8. The fourth-order valence-electron chi connectivity index (χ4n) is 10.9. The van der Waals surface area contributed by atoms with E-state index in [1.165, 1.54) is 6.07 Å². The second-order valence-corrected chi connectivity index (χ2v) is 18.3. The Labute approximate surface area is 356 Å². The number of benzene rings is 2. The molecule has 62 heavy (non-hydrogen) atoms. The fourth-order valence-corrected chi connectivity index (χ4v) is 10.9. The van der Waals surface area contributed by atoms with Crippen LogP contribution in [0.1, 0.15) is 107 Å². The van der Waals surface area contributed by atoms with Gasteiger partial charge < -0.3 is 14.5 Å². The van der Waals surface area contributed by atoms with Crippen molar-refractivity contribution in [2.75, 3.05) is 31.1 Å². The molecule has 1 atom stereocenters. The molecule has 1 aromatic heterocycles. The minimum absolute atomic E-state index is 0.0682. The summed E-state index contributed by atoms with van der Waals surface area (Å²) in [5, 5.41) is 11.4. The van der Waals surface area contributed by atoms with Gasteiger partial charge in [-0.3, -0.25) is 39.1 Å². The number of carbonyl (C=O) groups is 5. The number of hydrogen-bond acceptors (Lipinski definition) is 10. The van der Waals surface area contributed by atoms with E-state index in [9.17, 15) is 37.1 Å². The third-order valence-electron chi connectivity index (χ3n) is 13.7. The van der Waals surface area contributed by atoms with Crippen molar-refractivity contribution < 1.29 is 41.9 Å². The van der Waals surface area contributed by atoms with Crippen molar-refractivity contribution >= 4 is 35.2 Å². The Hall–Kier alpha value is -6.26. The number of carbonyl (C=O) groups excluding carboxylic acids is 5. The summed E-state index contributed by atoms with van der Waals surface area (Å²) in [6.07, 6.45) is -2.17.